The van der Waals surface area contributed by atoms with E-state index in [-0.39, 0.29) is 11.4 Å². The van der Waals surface area contributed by atoms with Crippen molar-refractivity contribution in [3.8, 4) is 0 Å². The first-order valence-corrected chi connectivity index (χ1v) is 9.08. The maximum Gasteiger partial charge on any atom is 0.437 e. The molecule has 11 heteroatoms. The highest BCUT2D eigenvalue weighted by Gasteiger charge is 2.41. The molecule has 0 aliphatic rings. The number of aromatic nitrogens is 2. The van der Waals surface area contributed by atoms with Crippen LogP contribution in [0.5, 0.6) is 0 Å². The summed E-state index contributed by atoms with van der Waals surface area (Å²) in [6.07, 6.45) is -4.90. The number of hydrogen-bond donors (Lipinski definition) is 0. The van der Waals surface area contributed by atoms with Crippen molar-refractivity contribution in [3.05, 3.63) is 64.8 Å². The summed E-state index contributed by atoms with van der Waals surface area (Å²) in [7, 11) is 1.26. The maximum atomic E-state index is 14.2. The summed E-state index contributed by atoms with van der Waals surface area (Å²) in [4.78, 5) is 12.7. The van der Waals surface area contributed by atoms with Gasteiger partial charge in [-0.2, -0.15) is 18.3 Å². The second-order valence-electron chi connectivity index (χ2n) is 5.75. The van der Waals surface area contributed by atoms with Crippen LogP contribution in [0, 0.1) is 11.6 Å². The summed E-state index contributed by atoms with van der Waals surface area (Å²) < 4.78 is 69.2. The predicted molar refractivity (Wildman–Crippen MR) is 98.3 cm³/mol. The third-order valence-corrected chi connectivity index (χ3v) is 5.19. The van der Waals surface area contributed by atoms with Crippen LogP contribution < -0.4 is 4.90 Å². The van der Waals surface area contributed by atoms with E-state index in [1.807, 2.05) is 0 Å². The summed E-state index contributed by atoms with van der Waals surface area (Å²) in [5.74, 6) is -2.13. The van der Waals surface area contributed by atoms with Crippen LogP contribution in [-0.2, 0) is 18.0 Å². The van der Waals surface area contributed by atoms with Gasteiger partial charge in [0.2, 0.25) is 6.41 Å². The van der Waals surface area contributed by atoms with Crippen molar-refractivity contribution in [2.24, 2.45) is 7.05 Å². The summed E-state index contributed by atoms with van der Waals surface area (Å²) >= 11 is 6.70. The Labute approximate surface area is 170 Å². The lowest BCUT2D eigenvalue weighted by atomic mass is 10.2. The molecule has 1 amide bonds. The number of rotatable bonds is 5. The molecular weight excluding hydrogens is 437 g/mol. The van der Waals surface area contributed by atoms with E-state index in [4.69, 9.17) is 11.6 Å². The number of amides is 1. The molecule has 0 aliphatic heterocycles. The number of benzene rings is 2. The number of aryl methyl sites for hydroxylation is 1. The standard InChI is InChI=1S/C18H11ClF5N3OS/c1-26-17(29-12-5-2-10(19)3-6-12)15(16(25-26)18(22,23)24)27(9-28)14-7-4-11(20)8-13(14)21/h2-9H,1H3. The molecule has 0 saturated heterocycles. The third kappa shape index (κ3) is 4.38. The van der Waals surface area contributed by atoms with E-state index in [0.717, 1.165) is 28.6 Å². The van der Waals surface area contributed by atoms with Crippen molar-refractivity contribution in [1.29, 1.82) is 0 Å². The monoisotopic (exact) mass is 447 g/mol. The van der Waals surface area contributed by atoms with Crippen molar-refractivity contribution >= 4 is 41.1 Å². The fourth-order valence-corrected chi connectivity index (χ4v) is 3.63. The van der Waals surface area contributed by atoms with Gasteiger partial charge in [-0.25, -0.2) is 8.78 Å². The molecule has 2 aromatic carbocycles. The number of carbonyl (C=O) groups is 1. The molecule has 4 nitrogen and oxygen atoms in total. The van der Waals surface area contributed by atoms with Crippen LogP contribution in [-0.4, -0.2) is 16.2 Å². The van der Waals surface area contributed by atoms with Crippen LogP contribution >= 0.6 is 23.4 Å². The van der Waals surface area contributed by atoms with Crippen LogP contribution in [0.15, 0.2) is 52.4 Å². The van der Waals surface area contributed by atoms with E-state index in [1.165, 1.54) is 7.05 Å². The van der Waals surface area contributed by atoms with Gasteiger partial charge in [0, 0.05) is 23.0 Å². The van der Waals surface area contributed by atoms with Crippen molar-refractivity contribution in [2.75, 3.05) is 4.90 Å². The van der Waals surface area contributed by atoms with Gasteiger partial charge in [0.15, 0.2) is 5.69 Å². The lowest BCUT2D eigenvalue weighted by molar-refractivity contribution is -0.140. The Balaban J connectivity index is 2.20. The SMILES string of the molecule is Cn1nc(C(F)(F)F)c(N(C=O)c2ccc(F)cc2F)c1Sc1ccc(Cl)cc1. The normalized spacial score (nSPS) is 11.6. The Morgan fingerprint density at radius 2 is 1.79 bits per heavy atom. The van der Waals surface area contributed by atoms with Crippen LogP contribution in [0.4, 0.5) is 33.3 Å². The van der Waals surface area contributed by atoms with Crippen LogP contribution in [0.2, 0.25) is 5.02 Å². The molecule has 1 aromatic heterocycles. The zero-order valence-corrected chi connectivity index (χ0v) is 16.1. The van der Waals surface area contributed by atoms with Gasteiger partial charge in [-0.15, -0.1) is 0 Å². The Morgan fingerprint density at radius 1 is 1.14 bits per heavy atom. The van der Waals surface area contributed by atoms with E-state index >= 15 is 0 Å². The lowest BCUT2D eigenvalue weighted by Crippen LogP contribution is -2.20. The van der Waals surface area contributed by atoms with Crippen molar-refractivity contribution < 1.29 is 26.7 Å². The molecule has 1 heterocycles. The molecule has 0 unspecified atom stereocenters. The molecule has 0 fully saturated rings. The zero-order chi connectivity index (χ0) is 21.3. The Hall–Kier alpha value is -2.59. The van der Waals surface area contributed by atoms with Crippen LogP contribution in [0.3, 0.4) is 0 Å². The molecule has 3 rings (SSSR count). The first-order chi connectivity index (χ1) is 13.6. The average Bonchev–Trinajstić information content (AvgIpc) is 2.96. The average molecular weight is 448 g/mol. The number of nitrogens with zero attached hydrogens (tertiary/aromatic N) is 3. The second kappa shape index (κ2) is 8.03. The predicted octanol–water partition coefficient (Wildman–Crippen LogP) is 5.82. The fourth-order valence-electron chi connectivity index (χ4n) is 2.54. The highest BCUT2D eigenvalue weighted by Crippen LogP contribution is 2.45. The lowest BCUT2D eigenvalue weighted by Gasteiger charge is -2.20. The maximum absolute atomic E-state index is 14.2. The van der Waals surface area contributed by atoms with Gasteiger partial charge in [0.25, 0.3) is 0 Å². The summed E-state index contributed by atoms with van der Waals surface area (Å²) in [5, 5.41) is 3.84. The van der Waals surface area contributed by atoms with Gasteiger partial charge in [-0.05, 0) is 36.4 Å². The number of anilines is 2. The number of alkyl halides is 3. The fraction of sp³-hybridized carbons (Fsp3) is 0.111. The van der Waals surface area contributed by atoms with Gasteiger partial charge in [0.05, 0.1) is 5.69 Å². The second-order valence-corrected chi connectivity index (χ2v) is 7.25. The van der Waals surface area contributed by atoms with Crippen LogP contribution in [0.1, 0.15) is 5.69 Å². The molecule has 0 spiro atoms. The summed E-state index contributed by atoms with van der Waals surface area (Å²) in [5.41, 5.74) is -2.59. The molecule has 0 aliphatic carbocycles. The van der Waals surface area contributed by atoms with Crippen molar-refractivity contribution in [2.45, 2.75) is 16.1 Å². The topological polar surface area (TPSA) is 38.1 Å². The molecule has 0 radical (unpaired) electrons. The van der Waals surface area contributed by atoms with Crippen LogP contribution in [0.25, 0.3) is 0 Å². The minimum absolute atomic E-state index is 0.0223. The molecule has 3 aromatic rings. The Kier molecular flexibility index (Phi) is 5.85. The van der Waals surface area contributed by atoms with E-state index in [2.05, 4.69) is 5.10 Å². The molecule has 0 bridgehead atoms. The quantitative estimate of drug-likeness (QED) is 0.365. The van der Waals surface area contributed by atoms with Crippen molar-refractivity contribution in [1.82, 2.24) is 9.78 Å². The van der Waals surface area contributed by atoms with E-state index in [9.17, 15) is 26.7 Å². The van der Waals surface area contributed by atoms with Gasteiger partial charge < -0.3 is 0 Å². The zero-order valence-electron chi connectivity index (χ0n) is 14.5. The summed E-state index contributed by atoms with van der Waals surface area (Å²) in [6, 6.07) is 8.42. The Bertz CT molecular complexity index is 1050. The van der Waals surface area contributed by atoms with E-state index in [0.29, 0.717) is 20.9 Å². The molecule has 152 valence electrons. The van der Waals surface area contributed by atoms with Crippen molar-refractivity contribution in [3.63, 3.8) is 0 Å². The molecular formula is C18H11ClF5N3OS. The summed E-state index contributed by atoms with van der Waals surface area (Å²) in [6.45, 7) is 0. The van der Waals surface area contributed by atoms with E-state index in [1.54, 1.807) is 24.3 Å². The molecule has 29 heavy (non-hydrogen) atoms. The number of halogens is 6. The van der Waals surface area contributed by atoms with E-state index < -0.39 is 34.9 Å². The largest absolute Gasteiger partial charge is 0.437 e. The first-order valence-electron chi connectivity index (χ1n) is 7.89. The number of carbonyl (C=O) groups excluding carboxylic acids is 1. The smallest absolute Gasteiger partial charge is 0.278 e. The molecule has 0 atom stereocenters. The highest BCUT2D eigenvalue weighted by molar-refractivity contribution is 7.99. The van der Waals surface area contributed by atoms with Gasteiger partial charge >= 0.3 is 6.18 Å². The first kappa shape index (κ1) is 21.1. The van der Waals surface area contributed by atoms with Gasteiger partial charge in [-0.3, -0.25) is 14.4 Å². The third-order valence-electron chi connectivity index (χ3n) is 3.78. The molecule has 0 N–H and O–H groups in total. The van der Waals surface area contributed by atoms with Gasteiger partial charge in [-0.1, -0.05) is 23.4 Å². The van der Waals surface area contributed by atoms with Gasteiger partial charge in [0.1, 0.15) is 22.3 Å². The minimum atomic E-state index is -4.93. The molecule has 0 saturated carbocycles. The highest BCUT2D eigenvalue weighted by atomic mass is 35.5. The Morgan fingerprint density at radius 3 is 2.34 bits per heavy atom. The minimum Gasteiger partial charge on any atom is -0.278 e. The number of hydrogen-bond acceptors (Lipinski definition) is 3.